The molecule has 17 heavy (non-hydrogen) atoms. The molecule has 0 bridgehead atoms. The number of rotatable bonds is 3. The van der Waals surface area contributed by atoms with Gasteiger partial charge in [0, 0.05) is 6.54 Å². The predicted molar refractivity (Wildman–Crippen MR) is 68.6 cm³/mol. The van der Waals surface area contributed by atoms with Gasteiger partial charge < -0.3 is 5.73 Å². The first kappa shape index (κ1) is 12.9. The molecular formula is C12H20N2O2S. The average Bonchev–Trinajstić information content (AvgIpc) is 2.35. The molecule has 5 heteroatoms. The number of amides is 2. The van der Waals surface area contributed by atoms with E-state index in [9.17, 15) is 9.59 Å². The van der Waals surface area contributed by atoms with Crippen molar-refractivity contribution in [1.82, 2.24) is 4.90 Å². The average molecular weight is 256 g/mol. The molecule has 0 aromatic rings. The summed E-state index contributed by atoms with van der Waals surface area (Å²) in [6, 6.07) is -0.0591. The van der Waals surface area contributed by atoms with Crippen LogP contribution in [-0.2, 0) is 9.59 Å². The Morgan fingerprint density at radius 3 is 2.29 bits per heavy atom. The Morgan fingerprint density at radius 2 is 1.76 bits per heavy atom. The molecule has 1 aliphatic carbocycles. The Balaban J connectivity index is 2.09. The van der Waals surface area contributed by atoms with Crippen LogP contribution in [0, 0.1) is 5.92 Å². The summed E-state index contributed by atoms with van der Waals surface area (Å²) in [4.78, 5) is 25.2. The predicted octanol–water partition coefficient (Wildman–Crippen LogP) is 0.996. The summed E-state index contributed by atoms with van der Waals surface area (Å²) in [5.74, 6) is 1.17. The van der Waals surface area contributed by atoms with Crippen molar-refractivity contribution in [2.45, 2.75) is 38.1 Å². The molecule has 1 saturated carbocycles. The maximum absolute atomic E-state index is 11.9. The fourth-order valence-electron chi connectivity index (χ4n) is 2.90. The third kappa shape index (κ3) is 2.83. The molecule has 2 N–H and O–H groups in total. The molecule has 1 aliphatic heterocycles. The Morgan fingerprint density at radius 1 is 1.18 bits per heavy atom. The normalized spacial score (nSPS) is 25.1. The van der Waals surface area contributed by atoms with Gasteiger partial charge in [-0.3, -0.25) is 14.5 Å². The Kier molecular flexibility index (Phi) is 4.45. The van der Waals surface area contributed by atoms with E-state index in [0.717, 1.165) is 12.8 Å². The van der Waals surface area contributed by atoms with Crippen molar-refractivity contribution in [2.24, 2.45) is 11.7 Å². The minimum atomic E-state index is -0.0591. The summed E-state index contributed by atoms with van der Waals surface area (Å²) < 4.78 is 0. The number of thioether (sulfide) groups is 1. The number of hydrogen-bond donors (Lipinski definition) is 1. The van der Waals surface area contributed by atoms with Gasteiger partial charge in [-0.1, -0.05) is 19.3 Å². The van der Waals surface area contributed by atoms with E-state index in [4.69, 9.17) is 5.73 Å². The van der Waals surface area contributed by atoms with Gasteiger partial charge in [-0.15, -0.1) is 11.8 Å². The molecule has 2 fully saturated rings. The van der Waals surface area contributed by atoms with Crippen LogP contribution in [0.2, 0.25) is 0 Å². The highest BCUT2D eigenvalue weighted by molar-refractivity contribution is 8.00. The zero-order valence-electron chi connectivity index (χ0n) is 10.1. The third-order valence-corrected chi connectivity index (χ3v) is 4.66. The lowest BCUT2D eigenvalue weighted by atomic mass is 9.83. The summed E-state index contributed by atoms with van der Waals surface area (Å²) in [6.45, 7) is 0.410. The monoisotopic (exact) mass is 256 g/mol. The van der Waals surface area contributed by atoms with Crippen molar-refractivity contribution in [3.63, 3.8) is 0 Å². The zero-order chi connectivity index (χ0) is 12.3. The molecule has 0 radical (unpaired) electrons. The van der Waals surface area contributed by atoms with Crippen molar-refractivity contribution in [1.29, 1.82) is 0 Å². The van der Waals surface area contributed by atoms with E-state index in [1.54, 1.807) is 0 Å². The largest absolute Gasteiger partial charge is 0.328 e. The van der Waals surface area contributed by atoms with Gasteiger partial charge in [-0.25, -0.2) is 0 Å². The van der Waals surface area contributed by atoms with Gasteiger partial charge in [0.15, 0.2) is 0 Å². The quantitative estimate of drug-likeness (QED) is 0.765. The van der Waals surface area contributed by atoms with E-state index in [0.29, 0.717) is 24.0 Å². The topological polar surface area (TPSA) is 63.4 Å². The van der Waals surface area contributed by atoms with Crippen LogP contribution in [-0.4, -0.2) is 40.8 Å². The van der Waals surface area contributed by atoms with E-state index in [1.807, 2.05) is 0 Å². The van der Waals surface area contributed by atoms with Gasteiger partial charge in [-0.05, 0) is 18.8 Å². The van der Waals surface area contributed by atoms with Crippen molar-refractivity contribution in [3.8, 4) is 0 Å². The highest BCUT2D eigenvalue weighted by Crippen LogP contribution is 2.30. The van der Waals surface area contributed by atoms with Crippen LogP contribution >= 0.6 is 11.8 Å². The number of hydrogen-bond acceptors (Lipinski definition) is 4. The fourth-order valence-corrected chi connectivity index (χ4v) is 3.63. The molecule has 4 nitrogen and oxygen atoms in total. The summed E-state index contributed by atoms with van der Waals surface area (Å²) in [5, 5.41) is 0. The van der Waals surface area contributed by atoms with E-state index in [-0.39, 0.29) is 17.9 Å². The molecule has 1 heterocycles. The molecule has 1 unspecified atom stereocenters. The van der Waals surface area contributed by atoms with E-state index >= 15 is 0 Å². The standard InChI is InChI=1S/C12H20N2O2S/c13-6-10(9-4-2-1-3-5-9)14-11(15)7-17-8-12(14)16/h9-10H,1-8,13H2. The summed E-state index contributed by atoms with van der Waals surface area (Å²) >= 11 is 1.41. The minimum absolute atomic E-state index is 0.0488. The summed E-state index contributed by atoms with van der Waals surface area (Å²) in [5.41, 5.74) is 5.81. The van der Waals surface area contributed by atoms with Crippen molar-refractivity contribution >= 4 is 23.6 Å². The first-order chi connectivity index (χ1) is 8.24. The maximum atomic E-state index is 11.9. The van der Waals surface area contributed by atoms with Gasteiger partial charge in [0.2, 0.25) is 11.8 Å². The second-order valence-corrected chi connectivity index (χ2v) is 5.84. The highest BCUT2D eigenvalue weighted by atomic mass is 32.2. The number of carbonyl (C=O) groups excluding carboxylic acids is 2. The Labute approximate surface area is 106 Å². The fraction of sp³-hybridized carbons (Fsp3) is 0.833. The molecule has 96 valence electrons. The van der Waals surface area contributed by atoms with Gasteiger partial charge in [0.05, 0.1) is 17.5 Å². The molecule has 2 aliphatic rings. The summed E-state index contributed by atoms with van der Waals surface area (Å²) in [6.07, 6.45) is 5.88. The Bertz CT molecular complexity index is 287. The van der Waals surface area contributed by atoms with Crippen LogP contribution in [0.5, 0.6) is 0 Å². The molecule has 1 saturated heterocycles. The van der Waals surface area contributed by atoms with E-state index < -0.39 is 0 Å². The van der Waals surface area contributed by atoms with Gasteiger partial charge in [0.25, 0.3) is 0 Å². The first-order valence-electron chi connectivity index (χ1n) is 6.36. The number of nitrogens with two attached hydrogens (primary N) is 1. The van der Waals surface area contributed by atoms with Crippen LogP contribution in [0.25, 0.3) is 0 Å². The molecule has 2 amide bonds. The van der Waals surface area contributed by atoms with Crippen molar-refractivity contribution in [2.75, 3.05) is 18.1 Å². The lowest BCUT2D eigenvalue weighted by Gasteiger charge is -2.38. The van der Waals surface area contributed by atoms with Gasteiger partial charge >= 0.3 is 0 Å². The molecule has 1 atom stereocenters. The Hall–Kier alpha value is -0.550. The number of carbonyl (C=O) groups is 2. The third-order valence-electron chi connectivity index (χ3n) is 3.76. The van der Waals surface area contributed by atoms with Crippen LogP contribution in [0.4, 0.5) is 0 Å². The van der Waals surface area contributed by atoms with Crippen LogP contribution in [0.1, 0.15) is 32.1 Å². The number of imide groups is 1. The van der Waals surface area contributed by atoms with Crippen molar-refractivity contribution in [3.05, 3.63) is 0 Å². The van der Waals surface area contributed by atoms with Gasteiger partial charge in [0.1, 0.15) is 0 Å². The summed E-state index contributed by atoms with van der Waals surface area (Å²) in [7, 11) is 0. The first-order valence-corrected chi connectivity index (χ1v) is 7.52. The second-order valence-electron chi connectivity index (χ2n) is 4.85. The lowest BCUT2D eigenvalue weighted by molar-refractivity contribution is -0.146. The van der Waals surface area contributed by atoms with E-state index in [1.165, 1.54) is 35.9 Å². The second kappa shape index (κ2) is 5.87. The smallest absolute Gasteiger partial charge is 0.239 e. The number of nitrogens with zero attached hydrogens (tertiary/aromatic N) is 1. The van der Waals surface area contributed by atoms with Crippen LogP contribution < -0.4 is 5.73 Å². The molecule has 0 aromatic heterocycles. The SMILES string of the molecule is NCC(C1CCCCC1)N1C(=O)CSCC1=O. The highest BCUT2D eigenvalue weighted by Gasteiger charge is 2.36. The molecule has 2 rings (SSSR count). The lowest BCUT2D eigenvalue weighted by Crippen LogP contribution is -2.55. The zero-order valence-corrected chi connectivity index (χ0v) is 10.9. The van der Waals surface area contributed by atoms with Crippen LogP contribution in [0.15, 0.2) is 0 Å². The van der Waals surface area contributed by atoms with E-state index in [2.05, 4.69) is 0 Å². The minimum Gasteiger partial charge on any atom is -0.328 e. The maximum Gasteiger partial charge on any atom is 0.239 e. The molecule has 0 aromatic carbocycles. The van der Waals surface area contributed by atoms with Crippen LogP contribution in [0.3, 0.4) is 0 Å². The molecular weight excluding hydrogens is 236 g/mol. The molecule has 0 spiro atoms. The van der Waals surface area contributed by atoms with Gasteiger partial charge in [-0.2, -0.15) is 0 Å². The van der Waals surface area contributed by atoms with Crippen molar-refractivity contribution < 1.29 is 9.59 Å².